The predicted octanol–water partition coefficient (Wildman–Crippen LogP) is 3.95. The van der Waals surface area contributed by atoms with Crippen molar-refractivity contribution in [1.29, 1.82) is 0 Å². The lowest BCUT2D eigenvalue weighted by Gasteiger charge is -2.20. The SMILES string of the molecule is C=C(C)C(=O)Nc1ccc(OC(F)(F)C(F)F)c(NC(=O)C(=C)C)c1. The van der Waals surface area contributed by atoms with E-state index >= 15 is 0 Å². The summed E-state index contributed by atoms with van der Waals surface area (Å²) in [4.78, 5) is 23.3. The molecule has 0 saturated carbocycles. The van der Waals surface area contributed by atoms with Gasteiger partial charge in [-0.2, -0.15) is 17.6 Å². The second-order valence-corrected chi connectivity index (χ2v) is 5.14. The third kappa shape index (κ3) is 5.63. The Balaban J connectivity index is 3.22. The Bertz CT molecular complexity index is 717. The largest absolute Gasteiger partial charge is 0.461 e. The lowest BCUT2D eigenvalue weighted by atomic mass is 10.2. The first-order chi connectivity index (χ1) is 11.4. The summed E-state index contributed by atoms with van der Waals surface area (Å²) in [6.07, 6.45) is -8.83. The molecule has 0 spiro atoms. The Morgan fingerprint density at radius 1 is 1.08 bits per heavy atom. The normalized spacial score (nSPS) is 11.0. The first-order valence-electron chi connectivity index (χ1n) is 6.86. The van der Waals surface area contributed by atoms with Crippen molar-refractivity contribution in [2.24, 2.45) is 0 Å². The van der Waals surface area contributed by atoms with Crippen LogP contribution in [0.15, 0.2) is 42.5 Å². The van der Waals surface area contributed by atoms with Gasteiger partial charge in [0.1, 0.15) is 5.75 Å². The summed E-state index contributed by atoms with van der Waals surface area (Å²) in [5.41, 5.74) is -0.00871. The van der Waals surface area contributed by atoms with Gasteiger partial charge in [-0.1, -0.05) is 13.2 Å². The number of nitrogens with one attached hydrogen (secondary N) is 2. The molecule has 5 nitrogen and oxygen atoms in total. The van der Waals surface area contributed by atoms with E-state index in [-0.39, 0.29) is 22.5 Å². The van der Waals surface area contributed by atoms with Crippen LogP contribution in [-0.4, -0.2) is 24.3 Å². The van der Waals surface area contributed by atoms with Gasteiger partial charge in [-0.15, -0.1) is 0 Å². The van der Waals surface area contributed by atoms with E-state index in [0.717, 1.165) is 18.2 Å². The van der Waals surface area contributed by atoms with Crippen molar-refractivity contribution in [2.75, 3.05) is 10.6 Å². The summed E-state index contributed by atoms with van der Waals surface area (Å²) in [7, 11) is 0. The molecule has 0 aromatic heterocycles. The van der Waals surface area contributed by atoms with Crippen LogP contribution in [0.25, 0.3) is 0 Å². The maximum Gasteiger partial charge on any atom is 0.461 e. The molecular formula is C16H16F4N2O3. The minimum absolute atomic E-state index is 0.0444. The minimum atomic E-state index is -4.76. The highest BCUT2D eigenvalue weighted by Gasteiger charge is 2.44. The number of rotatable bonds is 7. The van der Waals surface area contributed by atoms with Gasteiger partial charge >= 0.3 is 12.5 Å². The van der Waals surface area contributed by atoms with Crippen LogP contribution in [0.5, 0.6) is 5.75 Å². The van der Waals surface area contributed by atoms with Gasteiger partial charge in [0.2, 0.25) is 0 Å². The van der Waals surface area contributed by atoms with Gasteiger partial charge in [0, 0.05) is 16.8 Å². The standard InChI is InChI=1S/C16H16F4N2O3/c1-8(2)13(23)21-10-5-6-12(25-16(19,20)15(17)18)11(7-10)22-14(24)9(3)4/h5-7,15H,1,3H2,2,4H3,(H,21,23)(H,22,24). The Labute approximate surface area is 141 Å². The highest BCUT2D eigenvalue weighted by atomic mass is 19.3. The summed E-state index contributed by atoms with van der Waals surface area (Å²) in [5.74, 6) is -1.99. The topological polar surface area (TPSA) is 67.4 Å². The predicted molar refractivity (Wildman–Crippen MR) is 84.9 cm³/mol. The second kappa shape index (κ2) is 7.82. The molecule has 0 unspecified atom stereocenters. The number of carbonyl (C=O) groups excluding carboxylic acids is 2. The van der Waals surface area contributed by atoms with Gasteiger partial charge in [-0.3, -0.25) is 9.59 Å². The number of anilines is 2. The van der Waals surface area contributed by atoms with E-state index in [1.165, 1.54) is 13.8 Å². The average Bonchev–Trinajstić information content (AvgIpc) is 2.49. The van der Waals surface area contributed by atoms with Crippen LogP contribution in [0.2, 0.25) is 0 Å². The van der Waals surface area contributed by atoms with E-state index in [2.05, 4.69) is 28.5 Å². The zero-order chi connectivity index (χ0) is 19.4. The second-order valence-electron chi connectivity index (χ2n) is 5.14. The molecule has 1 rings (SSSR count). The summed E-state index contributed by atoms with van der Waals surface area (Å²) < 4.78 is 54.9. The van der Waals surface area contributed by atoms with Gasteiger partial charge < -0.3 is 15.4 Å². The van der Waals surface area contributed by atoms with E-state index in [9.17, 15) is 27.2 Å². The van der Waals surface area contributed by atoms with Crippen molar-refractivity contribution in [1.82, 2.24) is 0 Å². The molecule has 0 atom stereocenters. The van der Waals surface area contributed by atoms with Crippen LogP contribution >= 0.6 is 0 Å². The zero-order valence-corrected chi connectivity index (χ0v) is 13.5. The summed E-state index contributed by atoms with van der Waals surface area (Å²) in [5, 5.41) is 4.59. The van der Waals surface area contributed by atoms with Crippen LogP contribution in [0.1, 0.15) is 13.8 Å². The molecule has 0 fully saturated rings. The van der Waals surface area contributed by atoms with Crippen molar-refractivity contribution < 1.29 is 31.9 Å². The zero-order valence-electron chi connectivity index (χ0n) is 13.5. The molecule has 0 aliphatic heterocycles. The molecule has 1 aromatic rings. The molecule has 1 aromatic carbocycles. The van der Waals surface area contributed by atoms with Crippen LogP contribution in [0, 0.1) is 0 Å². The molecule has 0 heterocycles. The van der Waals surface area contributed by atoms with E-state index in [0.29, 0.717) is 0 Å². The fourth-order valence-corrected chi connectivity index (χ4v) is 1.45. The summed E-state index contributed by atoms with van der Waals surface area (Å²) in [6.45, 7) is 9.61. The smallest absolute Gasteiger partial charge is 0.426 e. The van der Waals surface area contributed by atoms with E-state index in [4.69, 9.17) is 0 Å². The number of halogens is 4. The molecule has 2 N–H and O–H groups in total. The molecule has 136 valence electrons. The third-order valence-electron chi connectivity index (χ3n) is 2.76. The maximum absolute atomic E-state index is 13.1. The number of benzene rings is 1. The van der Waals surface area contributed by atoms with Crippen LogP contribution in [0.3, 0.4) is 0 Å². The number of ether oxygens (including phenoxy) is 1. The molecular weight excluding hydrogens is 344 g/mol. The lowest BCUT2D eigenvalue weighted by molar-refractivity contribution is -0.252. The average molecular weight is 360 g/mol. The van der Waals surface area contributed by atoms with Crippen molar-refractivity contribution in [3.8, 4) is 5.75 Å². The number of carbonyl (C=O) groups is 2. The first-order valence-corrected chi connectivity index (χ1v) is 6.86. The number of amides is 2. The van der Waals surface area contributed by atoms with Crippen molar-refractivity contribution >= 4 is 23.2 Å². The van der Waals surface area contributed by atoms with Gasteiger partial charge in [0.05, 0.1) is 5.69 Å². The minimum Gasteiger partial charge on any atom is -0.426 e. The molecule has 2 amide bonds. The van der Waals surface area contributed by atoms with E-state index in [1.807, 2.05) is 0 Å². The Morgan fingerprint density at radius 2 is 1.60 bits per heavy atom. The van der Waals surface area contributed by atoms with Crippen LogP contribution in [0.4, 0.5) is 28.9 Å². The Hall–Kier alpha value is -2.84. The maximum atomic E-state index is 13.1. The number of hydrogen-bond donors (Lipinski definition) is 2. The summed E-state index contributed by atoms with van der Waals surface area (Å²) in [6, 6.07) is 3.14. The molecule has 0 bridgehead atoms. The highest BCUT2D eigenvalue weighted by Crippen LogP contribution is 2.34. The lowest BCUT2D eigenvalue weighted by Crippen LogP contribution is -2.33. The fourth-order valence-electron chi connectivity index (χ4n) is 1.45. The number of hydrogen-bond acceptors (Lipinski definition) is 3. The first kappa shape index (κ1) is 20.2. The molecule has 0 saturated heterocycles. The Kier molecular flexibility index (Phi) is 6.32. The van der Waals surface area contributed by atoms with E-state index < -0.39 is 30.1 Å². The van der Waals surface area contributed by atoms with Crippen molar-refractivity contribution in [3.05, 3.63) is 42.5 Å². The highest BCUT2D eigenvalue weighted by molar-refractivity contribution is 6.05. The molecule has 9 heteroatoms. The van der Waals surface area contributed by atoms with Crippen molar-refractivity contribution in [2.45, 2.75) is 26.4 Å². The van der Waals surface area contributed by atoms with Gasteiger partial charge in [0.15, 0.2) is 0 Å². The summed E-state index contributed by atoms with van der Waals surface area (Å²) >= 11 is 0. The fraction of sp³-hybridized carbons (Fsp3) is 0.250. The molecule has 0 radical (unpaired) electrons. The van der Waals surface area contributed by atoms with Gasteiger partial charge in [-0.05, 0) is 32.0 Å². The van der Waals surface area contributed by atoms with Crippen LogP contribution < -0.4 is 15.4 Å². The van der Waals surface area contributed by atoms with Gasteiger partial charge in [0.25, 0.3) is 11.8 Å². The van der Waals surface area contributed by atoms with E-state index in [1.54, 1.807) is 0 Å². The Morgan fingerprint density at radius 3 is 2.08 bits per heavy atom. The third-order valence-corrected chi connectivity index (χ3v) is 2.76. The quantitative estimate of drug-likeness (QED) is 0.571. The van der Waals surface area contributed by atoms with Crippen LogP contribution in [-0.2, 0) is 9.59 Å². The molecule has 0 aliphatic rings. The number of alkyl halides is 4. The molecule has 25 heavy (non-hydrogen) atoms. The monoisotopic (exact) mass is 360 g/mol. The van der Waals surface area contributed by atoms with Gasteiger partial charge in [-0.25, -0.2) is 0 Å². The van der Waals surface area contributed by atoms with Crippen molar-refractivity contribution in [3.63, 3.8) is 0 Å². The molecule has 0 aliphatic carbocycles.